The minimum Gasteiger partial charge on any atom is -0.493 e. The Kier molecular flexibility index (Phi) is 6.83. The Balaban J connectivity index is 1.84. The summed E-state index contributed by atoms with van der Waals surface area (Å²) in [6.07, 6.45) is 0. The number of piperazine rings is 1. The summed E-state index contributed by atoms with van der Waals surface area (Å²) >= 11 is 0. The summed E-state index contributed by atoms with van der Waals surface area (Å²) in [6, 6.07) is 13.3. The van der Waals surface area contributed by atoms with Gasteiger partial charge in [-0.1, -0.05) is 36.4 Å². The number of alkyl halides is 2. The molecule has 1 aliphatic rings. The summed E-state index contributed by atoms with van der Waals surface area (Å²) in [6.45, 7) is 1.37. The van der Waals surface area contributed by atoms with Crippen LogP contribution in [0, 0.1) is 0 Å². The predicted octanol–water partition coefficient (Wildman–Crippen LogP) is 2.85. The normalized spacial score (nSPS) is 16.6. The van der Waals surface area contributed by atoms with Crippen molar-refractivity contribution in [3.8, 4) is 11.5 Å². The van der Waals surface area contributed by atoms with Crippen LogP contribution in [-0.4, -0.2) is 55.8 Å². The Hall–Kier alpha value is -2.22. The fourth-order valence-corrected chi connectivity index (χ4v) is 3.46. The van der Waals surface area contributed by atoms with Crippen LogP contribution in [0.2, 0.25) is 0 Å². The van der Waals surface area contributed by atoms with Gasteiger partial charge in [0.2, 0.25) is 0 Å². The minimum absolute atomic E-state index is 0.352. The first kappa shape index (κ1) is 20.5. The molecule has 0 aromatic heterocycles. The van der Waals surface area contributed by atoms with E-state index in [4.69, 9.17) is 9.47 Å². The van der Waals surface area contributed by atoms with Crippen LogP contribution in [0.4, 0.5) is 8.78 Å². The molecule has 0 amide bonds. The van der Waals surface area contributed by atoms with Gasteiger partial charge in [0.1, 0.15) is 19.3 Å². The number of benzene rings is 2. The van der Waals surface area contributed by atoms with Crippen molar-refractivity contribution in [1.82, 2.24) is 10.2 Å². The summed E-state index contributed by atoms with van der Waals surface area (Å²) in [5.74, 6) is -2.39. The zero-order valence-corrected chi connectivity index (χ0v) is 15.9. The van der Waals surface area contributed by atoms with Crippen LogP contribution in [-0.2, 0) is 6.61 Å². The highest BCUT2D eigenvalue weighted by Gasteiger charge is 2.44. The molecule has 28 heavy (non-hydrogen) atoms. The van der Waals surface area contributed by atoms with Crippen LogP contribution < -0.4 is 14.8 Å². The van der Waals surface area contributed by atoms with E-state index < -0.39 is 18.6 Å². The Labute approximate surface area is 163 Å². The van der Waals surface area contributed by atoms with E-state index in [1.165, 1.54) is 7.11 Å². The summed E-state index contributed by atoms with van der Waals surface area (Å²) in [4.78, 5) is 1.70. The third-order valence-corrected chi connectivity index (χ3v) is 4.87. The summed E-state index contributed by atoms with van der Waals surface area (Å²) in [5, 5.41) is 12.5. The Morgan fingerprint density at radius 3 is 2.46 bits per heavy atom. The monoisotopic (exact) mass is 392 g/mol. The molecule has 0 bridgehead atoms. The van der Waals surface area contributed by atoms with E-state index in [2.05, 4.69) is 5.32 Å². The van der Waals surface area contributed by atoms with E-state index in [9.17, 15) is 13.9 Å². The molecule has 1 saturated heterocycles. The van der Waals surface area contributed by atoms with Crippen LogP contribution in [0.5, 0.6) is 11.5 Å². The Morgan fingerprint density at radius 1 is 1.11 bits per heavy atom. The molecule has 0 aliphatic carbocycles. The molecule has 7 heteroatoms. The van der Waals surface area contributed by atoms with Crippen LogP contribution in [0.25, 0.3) is 0 Å². The van der Waals surface area contributed by atoms with Gasteiger partial charge in [-0.15, -0.1) is 0 Å². The van der Waals surface area contributed by atoms with Gasteiger partial charge in [0, 0.05) is 26.2 Å². The van der Waals surface area contributed by atoms with Gasteiger partial charge in [-0.2, -0.15) is 0 Å². The van der Waals surface area contributed by atoms with Crippen molar-refractivity contribution in [3.63, 3.8) is 0 Å². The second-order valence-corrected chi connectivity index (χ2v) is 6.79. The van der Waals surface area contributed by atoms with Crippen LogP contribution in [0.3, 0.4) is 0 Å². The van der Waals surface area contributed by atoms with Gasteiger partial charge in [-0.3, -0.25) is 4.90 Å². The molecule has 2 aromatic rings. The maximum atomic E-state index is 14.6. The molecule has 0 spiro atoms. The third-order valence-electron chi connectivity index (χ3n) is 4.87. The van der Waals surface area contributed by atoms with Crippen molar-refractivity contribution in [3.05, 3.63) is 59.7 Å². The number of nitrogens with zero attached hydrogens (tertiary/aromatic N) is 1. The van der Waals surface area contributed by atoms with Crippen molar-refractivity contribution in [2.75, 3.05) is 39.9 Å². The molecule has 3 rings (SSSR count). The first-order chi connectivity index (χ1) is 13.5. The molecule has 2 aromatic carbocycles. The maximum Gasteiger partial charge on any atom is 0.289 e. The maximum absolute atomic E-state index is 14.6. The average molecular weight is 392 g/mol. The van der Waals surface area contributed by atoms with Crippen molar-refractivity contribution in [2.24, 2.45) is 0 Å². The van der Waals surface area contributed by atoms with Gasteiger partial charge in [0.05, 0.1) is 7.11 Å². The molecule has 1 atom stereocenters. The van der Waals surface area contributed by atoms with E-state index in [0.29, 0.717) is 49.8 Å². The first-order valence-electron chi connectivity index (χ1n) is 9.33. The van der Waals surface area contributed by atoms with Gasteiger partial charge < -0.3 is 19.9 Å². The largest absolute Gasteiger partial charge is 0.493 e. The van der Waals surface area contributed by atoms with Gasteiger partial charge in [0.25, 0.3) is 5.92 Å². The Bertz CT molecular complexity index is 753. The summed E-state index contributed by atoms with van der Waals surface area (Å²) < 4.78 is 40.4. The molecular formula is C21H26F2N2O3. The zero-order valence-electron chi connectivity index (χ0n) is 15.9. The number of nitrogens with one attached hydrogen (secondary N) is 1. The van der Waals surface area contributed by atoms with Gasteiger partial charge >= 0.3 is 0 Å². The molecule has 1 fully saturated rings. The lowest BCUT2D eigenvalue weighted by atomic mass is 9.97. The lowest BCUT2D eigenvalue weighted by Gasteiger charge is -2.38. The SMILES string of the molecule is COc1cc([C@H](N2CCNCC2)C(F)(F)CO)ccc1OCc1ccccc1. The van der Waals surface area contributed by atoms with Gasteiger partial charge in [-0.25, -0.2) is 8.78 Å². The van der Waals surface area contributed by atoms with E-state index in [1.54, 1.807) is 23.1 Å². The zero-order chi connectivity index (χ0) is 20.0. The number of aliphatic hydroxyl groups excluding tert-OH is 1. The lowest BCUT2D eigenvalue weighted by molar-refractivity contribution is -0.118. The number of halogens is 2. The summed E-state index contributed by atoms with van der Waals surface area (Å²) in [5.41, 5.74) is 1.39. The van der Waals surface area contributed by atoms with Crippen molar-refractivity contribution >= 4 is 0 Å². The van der Waals surface area contributed by atoms with E-state index in [1.807, 2.05) is 30.3 Å². The number of methoxy groups -OCH3 is 1. The molecule has 0 unspecified atom stereocenters. The topological polar surface area (TPSA) is 54.0 Å². The first-order valence-corrected chi connectivity index (χ1v) is 9.33. The van der Waals surface area contributed by atoms with Gasteiger partial charge in [-0.05, 0) is 23.3 Å². The minimum atomic E-state index is -3.27. The molecule has 0 radical (unpaired) electrons. The van der Waals surface area contributed by atoms with Crippen LogP contribution >= 0.6 is 0 Å². The number of aliphatic hydroxyl groups is 1. The van der Waals surface area contributed by atoms with Gasteiger partial charge in [0.15, 0.2) is 11.5 Å². The van der Waals surface area contributed by atoms with Crippen molar-refractivity contribution < 1.29 is 23.4 Å². The highest BCUT2D eigenvalue weighted by molar-refractivity contribution is 5.44. The molecule has 1 aliphatic heterocycles. The van der Waals surface area contributed by atoms with Crippen molar-refractivity contribution in [2.45, 2.75) is 18.6 Å². The molecular weight excluding hydrogens is 366 g/mol. The number of rotatable bonds is 8. The predicted molar refractivity (Wildman–Crippen MR) is 103 cm³/mol. The molecule has 2 N–H and O–H groups in total. The third kappa shape index (κ3) is 4.79. The number of ether oxygens (including phenoxy) is 2. The highest BCUT2D eigenvalue weighted by Crippen LogP contribution is 2.40. The van der Waals surface area contributed by atoms with Crippen LogP contribution in [0.1, 0.15) is 17.2 Å². The quantitative estimate of drug-likeness (QED) is 0.724. The standard InChI is InChI=1S/C21H26F2N2O3/c1-27-19-13-17(7-8-18(19)28-14-16-5-3-2-4-6-16)20(21(22,23)15-26)25-11-9-24-10-12-25/h2-8,13,20,24,26H,9-12,14-15H2,1H3/t20-/m0/s1. The van der Waals surface area contributed by atoms with Crippen molar-refractivity contribution in [1.29, 1.82) is 0 Å². The smallest absolute Gasteiger partial charge is 0.289 e. The van der Waals surface area contributed by atoms with E-state index in [0.717, 1.165) is 5.56 Å². The van der Waals surface area contributed by atoms with E-state index in [-0.39, 0.29) is 0 Å². The second kappa shape index (κ2) is 9.32. The molecule has 5 nitrogen and oxygen atoms in total. The molecule has 0 saturated carbocycles. The lowest BCUT2D eigenvalue weighted by Crippen LogP contribution is -2.51. The molecule has 1 heterocycles. The fraction of sp³-hybridized carbons (Fsp3) is 0.429. The Morgan fingerprint density at radius 2 is 1.82 bits per heavy atom. The summed E-state index contributed by atoms with van der Waals surface area (Å²) in [7, 11) is 1.48. The average Bonchev–Trinajstić information content (AvgIpc) is 2.74. The highest BCUT2D eigenvalue weighted by atomic mass is 19.3. The number of hydrogen-bond acceptors (Lipinski definition) is 5. The molecule has 152 valence electrons. The second-order valence-electron chi connectivity index (χ2n) is 6.79. The fourth-order valence-electron chi connectivity index (χ4n) is 3.46. The van der Waals surface area contributed by atoms with Crippen LogP contribution in [0.15, 0.2) is 48.5 Å². The number of hydrogen-bond donors (Lipinski definition) is 2. The van der Waals surface area contributed by atoms with E-state index >= 15 is 0 Å².